The van der Waals surface area contributed by atoms with Crippen LogP contribution in [-0.4, -0.2) is 31.6 Å². The molecule has 0 spiro atoms. The SMILES string of the molecule is C=C(C)C(=O)OC.COC(C)Oc1ccc(C=CC=Cc2ccc(O)cc2)cc1. The molecule has 0 fully saturated rings. The largest absolute Gasteiger partial charge is 0.508 e. The van der Waals surface area contributed by atoms with Crippen molar-refractivity contribution in [3.63, 3.8) is 0 Å². The summed E-state index contributed by atoms with van der Waals surface area (Å²) in [6.45, 7) is 6.80. The van der Waals surface area contributed by atoms with E-state index in [0.717, 1.165) is 16.9 Å². The van der Waals surface area contributed by atoms with Gasteiger partial charge in [0.1, 0.15) is 11.5 Å². The molecule has 0 heterocycles. The highest BCUT2D eigenvalue weighted by Crippen LogP contribution is 2.15. The number of carbonyl (C=O) groups excluding carboxylic acids is 1. The number of allylic oxidation sites excluding steroid dienone is 2. The molecule has 0 aliphatic heterocycles. The number of carbonyl (C=O) groups is 1. The highest BCUT2D eigenvalue weighted by Gasteiger charge is 2.00. The molecule has 2 rings (SSSR count). The van der Waals surface area contributed by atoms with Gasteiger partial charge in [-0.1, -0.05) is 55.1 Å². The molecule has 2 aromatic rings. The fourth-order valence-electron chi connectivity index (χ4n) is 1.99. The summed E-state index contributed by atoms with van der Waals surface area (Å²) in [6, 6.07) is 14.9. The van der Waals surface area contributed by atoms with E-state index in [2.05, 4.69) is 11.3 Å². The average molecular weight is 396 g/mol. The van der Waals surface area contributed by atoms with Gasteiger partial charge >= 0.3 is 5.97 Å². The molecule has 0 aliphatic rings. The fraction of sp³-hybridized carbons (Fsp3) is 0.208. The molecular weight excluding hydrogens is 368 g/mol. The van der Waals surface area contributed by atoms with Crippen LogP contribution in [0.4, 0.5) is 0 Å². The van der Waals surface area contributed by atoms with E-state index < -0.39 is 0 Å². The summed E-state index contributed by atoms with van der Waals surface area (Å²) >= 11 is 0. The van der Waals surface area contributed by atoms with E-state index in [1.54, 1.807) is 26.2 Å². The first kappa shape index (κ1) is 23.7. The fourth-order valence-corrected chi connectivity index (χ4v) is 1.99. The maximum atomic E-state index is 10.2. The number of methoxy groups -OCH3 is 2. The number of phenols is 1. The second-order valence-corrected chi connectivity index (χ2v) is 6.07. The molecule has 2 aromatic carbocycles. The van der Waals surface area contributed by atoms with Crippen molar-refractivity contribution in [2.45, 2.75) is 20.1 Å². The standard InChI is InChI=1S/C19H20O3.C5H8O2/c1-15(21-2)22-19-13-9-17(10-14-19)6-4-3-5-16-7-11-18(20)12-8-16;1-4(2)5(6)7-3/h3-15,20H,1-2H3;1H2,2-3H3. The van der Waals surface area contributed by atoms with Gasteiger partial charge in [0.25, 0.3) is 0 Å². The molecule has 29 heavy (non-hydrogen) atoms. The Kier molecular flexibility index (Phi) is 10.6. The van der Waals surface area contributed by atoms with Crippen LogP contribution < -0.4 is 4.74 Å². The lowest BCUT2D eigenvalue weighted by atomic mass is 10.2. The van der Waals surface area contributed by atoms with E-state index >= 15 is 0 Å². The molecule has 1 atom stereocenters. The van der Waals surface area contributed by atoms with Gasteiger partial charge in [0, 0.05) is 12.7 Å². The average Bonchev–Trinajstić information content (AvgIpc) is 2.73. The summed E-state index contributed by atoms with van der Waals surface area (Å²) in [6.07, 6.45) is 7.67. The van der Waals surface area contributed by atoms with Crippen LogP contribution in [0, 0.1) is 0 Å². The predicted molar refractivity (Wildman–Crippen MR) is 117 cm³/mol. The second kappa shape index (κ2) is 13.0. The van der Waals surface area contributed by atoms with Crippen LogP contribution in [0.25, 0.3) is 12.2 Å². The first-order valence-electron chi connectivity index (χ1n) is 9.02. The Bertz CT molecular complexity index is 817. The lowest BCUT2D eigenvalue weighted by Crippen LogP contribution is -2.13. The van der Waals surface area contributed by atoms with Gasteiger partial charge < -0.3 is 19.3 Å². The Morgan fingerprint density at radius 1 is 0.966 bits per heavy atom. The summed E-state index contributed by atoms with van der Waals surface area (Å²) in [7, 11) is 2.94. The summed E-state index contributed by atoms with van der Waals surface area (Å²) in [5.41, 5.74) is 2.56. The van der Waals surface area contributed by atoms with Gasteiger partial charge in [-0.3, -0.25) is 0 Å². The van der Waals surface area contributed by atoms with Crippen molar-refractivity contribution in [2.24, 2.45) is 0 Å². The summed E-state index contributed by atoms with van der Waals surface area (Å²) in [5.74, 6) is 0.712. The predicted octanol–water partition coefficient (Wildman–Crippen LogP) is 5.23. The molecule has 0 amide bonds. The molecule has 5 heteroatoms. The van der Waals surface area contributed by atoms with Gasteiger partial charge in [-0.2, -0.15) is 0 Å². The Morgan fingerprint density at radius 3 is 1.83 bits per heavy atom. The number of aromatic hydroxyl groups is 1. The zero-order chi connectivity index (χ0) is 21.6. The number of hydrogen-bond donors (Lipinski definition) is 1. The van der Waals surface area contributed by atoms with Crippen LogP contribution >= 0.6 is 0 Å². The Labute approximate surface area is 172 Å². The highest BCUT2D eigenvalue weighted by atomic mass is 16.7. The van der Waals surface area contributed by atoms with Crippen molar-refractivity contribution in [1.29, 1.82) is 0 Å². The van der Waals surface area contributed by atoms with Crippen LogP contribution in [0.5, 0.6) is 11.5 Å². The van der Waals surface area contributed by atoms with Crippen molar-refractivity contribution in [3.05, 3.63) is 84.0 Å². The van der Waals surface area contributed by atoms with Crippen molar-refractivity contribution in [1.82, 2.24) is 0 Å². The monoisotopic (exact) mass is 396 g/mol. The van der Waals surface area contributed by atoms with E-state index in [0.29, 0.717) is 5.57 Å². The van der Waals surface area contributed by atoms with E-state index in [9.17, 15) is 9.90 Å². The van der Waals surface area contributed by atoms with Gasteiger partial charge in [0.05, 0.1) is 7.11 Å². The van der Waals surface area contributed by atoms with E-state index in [-0.39, 0.29) is 18.0 Å². The highest BCUT2D eigenvalue weighted by molar-refractivity contribution is 5.86. The molecule has 0 aromatic heterocycles. The van der Waals surface area contributed by atoms with Gasteiger partial charge in [0.15, 0.2) is 6.29 Å². The maximum absolute atomic E-state index is 10.2. The molecule has 154 valence electrons. The minimum absolute atomic E-state index is 0.255. The summed E-state index contributed by atoms with van der Waals surface area (Å²) < 4.78 is 14.9. The van der Waals surface area contributed by atoms with E-state index in [4.69, 9.17) is 9.47 Å². The van der Waals surface area contributed by atoms with Crippen molar-refractivity contribution in [2.75, 3.05) is 14.2 Å². The van der Waals surface area contributed by atoms with Crippen molar-refractivity contribution in [3.8, 4) is 11.5 Å². The molecule has 0 saturated heterocycles. The minimum atomic E-state index is -0.347. The Morgan fingerprint density at radius 2 is 1.45 bits per heavy atom. The number of phenolic OH excluding ortho intramolecular Hbond substituents is 1. The van der Waals surface area contributed by atoms with Crippen molar-refractivity contribution >= 4 is 18.1 Å². The second-order valence-electron chi connectivity index (χ2n) is 6.07. The molecule has 0 saturated carbocycles. The molecule has 1 N–H and O–H groups in total. The summed E-state index contributed by atoms with van der Waals surface area (Å²) in [5, 5.41) is 9.21. The smallest absolute Gasteiger partial charge is 0.332 e. The normalized spacial score (nSPS) is 11.6. The molecule has 1 unspecified atom stereocenters. The zero-order valence-electron chi connectivity index (χ0n) is 17.3. The molecular formula is C24H28O5. The quantitative estimate of drug-likeness (QED) is 0.301. The van der Waals surface area contributed by atoms with Gasteiger partial charge in [-0.05, 0) is 49.2 Å². The van der Waals surface area contributed by atoms with Crippen LogP contribution in [0.1, 0.15) is 25.0 Å². The third-order valence-corrected chi connectivity index (χ3v) is 3.63. The van der Waals surface area contributed by atoms with Gasteiger partial charge in [0.2, 0.25) is 0 Å². The number of rotatable bonds is 7. The van der Waals surface area contributed by atoms with Gasteiger partial charge in [-0.25, -0.2) is 4.79 Å². The number of esters is 1. The molecule has 5 nitrogen and oxygen atoms in total. The van der Waals surface area contributed by atoms with E-state index in [1.807, 2.05) is 67.6 Å². The zero-order valence-corrected chi connectivity index (χ0v) is 17.3. The van der Waals surface area contributed by atoms with Gasteiger partial charge in [-0.15, -0.1) is 0 Å². The molecule has 0 bridgehead atoms. The lowest BCUT2D eigenvalue weighted by Gasteiger charge is -2.12. The van der Waals surface area contributed by atoms with E-state index in [1.165, 1.54) is 7.11 Å². The third kappa shape index (κ3) is 9.98. The lowest BCUT2D eigenvalue weighted by molar-refractivity contribution is -0.136. The molecule has 0 aliphatic carbocycles. The number of benzene rings is 2. The number of hydrogen-bond acceptors (Lipinski definition) is 5. The minimum Gasteiger partial charge on any atom is -0.508 e. The first-order valence-corrected chi connectivity index (χ1v) is 9.02. The van der Waals surface area contributed by atoms with Crippen LogP contribution in [-0.2, 0) is 14.3 Å². The third-order valence-electron chi connectivity index (χ3n) is 3.63. The first-order chi connectivity index (χ1) is 13.8. The summed E-state index contributed by atoms with van der Waals surface area (Å²) in [4.78, 5) is 10.2. The van der Waals surface area contributed by atoms with Crippen LogP contribution in [0.2, 0.25) is 0 Å². The maximum Gasteiger partial charge on any atom is 0.332 e. The van der Waals surface area contributed by atoms with Crippen molar-refractivity contribution < 1.29 is 24.1 Å². The molecule has 0 radical (unpaired) electrons. The topological polar surface area (TPSA) is 65.0 Å². The Balaban J connectivity index is 0.000000516. The number of ether oxygens (including phenoxy) is 3. The van der Waals surface area contributed by atoms with Crippen LogP contribution in [0.15, 0.2) is 72.8 Å². The van der Waals surface area contributed by atoms with Crippen LogP contribution in [0.3, 0.4) is 0 Å². The Hall–Kier alpha value is -3.31.